The lowest BCUT2D eigenvalue weighted by molar-refractivity contribution is -0.136. The molecule has 3 aliphatic carbocycles. The third kappa shape index (κ3) is 4.86. The van der Waals surface area contributed by atoms with Crippen LogP contribution in [0.1, 0.15) is 57.8 Å². The van der Waals surface area contributed by atoms with E-state index in [0.717, 1.165) is 25.7 Å². The van der Waals surface area contributed by atoms with E-state index in [1.807, 2.05) is 18.2 Å². The van der Waals surface area contributed by atoms with Gasteiger partial charge < -0.3 is 15.3 Å². The Morgan fingerprint density at radius 3 is 2.77 bits per heavy atom. The van der Waals surface area contributed by atoms with Crippen LogP contribution in [0.3, 0.4) is 0 Å². The standard InChI is InChI=1S/C22H32O4/c23-20(16-7-2-1-3-8-16)11-10-18-19-13-15(6-4-5-9-22(25)26)12-17(19)14-21(18)24/h4,6,10-12,16-21,23-24H,1-3,5,7-9,13-14H2,(H,25,26)/b6-4?,11-10-/t17-,18-,19-,20+,21+/m0/s1. The summed E-state index contributed by atoms with van der Waals surface area (Å²) in [5.74, 6) is 0.518. The SMILES string of the molecule is O=C(O)CCC=CC1=C[C@H]2C[C@@H](O)[C@@H](/C=C\[C@@H](O)C3CCCCC3)[C@H]2C1. The van der Waals surface area contributed by atoms with Crippen molar-refractivity contribution in [2.24, 2.45) is 23.7 Å². The fraction of sp³-hybridized carbons (Fsp3) is 0.682. The van der Waals surface area contributed by atoms with Crippen molar-refractivity contribution in [1.82, 2.24) is 0 Å². The first kappa shape index (κ1) is 19.4. The maximum atomic E-state index is 10.6. The van der Waals surface area contributed by atoms with Gasteiger partial charge in [0.05, 0.1) is 12.2 Å². The number of hydrogen-bond acceptors (Lipinski definition) is 3. The number of carbonyl (C=O) groups is 1. The predicted molar refractivity (Wildman–Crippen MR) is 102 cm³/mol. The molecule has 0 amide bonds. The fourth-order valence-corrected chi connectivity index (χ4v) is 4.99. The molecule has 3 N–H and O–H groups in total. The minimum Gasteiger partial charge on any atom is -0.481 e. The molecule has 3 rings (SSSR count). The zero-order chi connectivity index (χ0) is 18.5. The molecule has 2 saturated carbocycles. The molecule has 2 fully saturated rings. The smallest absolute Gasteiger partial charge is 0.303 e. The Bertz CT molecular complexity index is 571. The molecule has 0 heterocycles. The Morgan fingerprint density at radius 1 is 1.27 bits per heavy atom. The average Bonchev–Trinajstić information content (AvgIpc) is 3.14. The number of carboxylic acid groups (broad SMARTS) is 1. The lowest BCUT2D eigenvalue weighted by Gasteiger charge is -2.25. The molecule has 0 aromatic carbocycles. The molecule has 0 aromatic rings. The van der Waals surface area contributed by atoms with E-state index in [1.54, 1.807) is 0 Å². The van der Waals surface area contributed by atoms with E-state index in [9.17, 15) is 15.0 Å². The van der Waals surface area contributed by atoms with Gasteiger partial charge in [-0.1, -0.05) is 55.2 Å². The van der Waals surface area contributed by atoms with E-state index < -0.39 is 5.97 Å². The van der Waals surface area contributed by atoms with Crippen LogP contribution in [0.25, 0.3) is 0 Å². The van der Waals surface area contributed by atoms with Crippen LogP contribution >= 0.6 is 0 Å². The van der Waals surface area contributed by atoms with E-state index >= 15 is 0 Å². The van der Waals surface area contributed by atoms with E-state index in [0.29, 0.717) is 24.2 Å². The summed E-state index contributed by atoms with van der Waals surface area (Å²) in [6.07, 6.45) is 17.9. The highest BCUT2D eigenvalue weighted by Crippen LogP contribution is 2.47. The van der Waals surface area contributed by atoms with Gasteiger partial charge in [-0.15, -0.1) is 0 Å². The van der Waals surface area contributed by atoms with Gasteiger partial charge in [0.15, 0.2) is 0 Å². The second-order valence-electron chi connectivity index (χ2n) is 8.26. The van der Waals surface area contributed by atoms with Crippen LogP contribution in [-0.2, 0) is 4.79 Å². The van der Waals surface area contributed by atoms with E-state index in [2.05, 4.69) is 12.2 Å². The first-order valence-corrected chi connectivity index (χ1v) is 10.2. The Morgan fingerprint density at radius 2 is 2.04 bits per heavy atom. The Hall–Kier alpha value is -1.39. The third-order valence-corrected chi connectivity index (χ3v) is 6.42. The molecule has 0 unspecified atom stereocenters. The summed E-state index contributed by atoms with van der Waals surface area (Å²) < 4.78 is 0. The zero-order valence-corrected chi connectivity index (χ0v) is 15.5. The van der Waals surface area contributed by atoms with E-state index in [-0.39, 0.29) is 24.5 Å². The van der Waals surface area contributed by atoms with Crippen molar-refractivity contribution in [2.75, 3.05) is 0 Å². The molecular weight excluding hydrogens is 328 g/mol. The van der Waals surface area contributed by atoms with Gasteiger partial charge in [0.2, 0.25) is 0 Å². The largest absolute Gasteiger partial charge is 0.481 e. The first-order valence-electron chi connectivity index (χ1n) is 10.2. The lowest BCUT2D eigenvalue weighted by atomic mass is 9.84. The molecule has 0 aliphatic heterocycles. The molecule has 0 radical (unpaired) electrons. The van der Waals surface area contributed by atoms with Crippen LogP contribution in [0, 0.1) is 23.7 Å². The number of hydrogen-bond donors (Lipinski definition) is 3. The molecule has 0 aromatic heterocycles. The summed E-state index contributed by atoms with van der Waals surface area (Å²) >= 11 is 0. The van der Waals surface area contributed by atoms with Crippen molar-refractivity contribution < 1.29 is 20.1 Å². The van der Waals surface area contributed by atoms with Crippen molar-refractivity contribution in [2.45, 2.75) is 70.0 Å². The summed E-state index contributed by atoms with van der Waals surface area (Å²) in [5, 5.41) is 29.6. The maximum absolute atomic E-state index is 10.6. The lowest BCUT2D eigenvalue weighted by Crippen LogP contribution is -2.22. The summed E-state index contributed by atoms with van der Waals surface area (Å²) in [7, 11) is 0. The molecule has 26 heavy (non-hydrogen) atoms. The molecular formula is C22H32O4. The number of rotatable bonds is 7. The van der Waals surface area contributed by atoms with Crippen LogP contribution < -0.4 is 0 Å². The van der Waals surface area contributed by atoms with Crippen LogP contribution in [0.4, 0.5) is 0 Å². The van der Waals surface area contributed by atoms with Crippen molar-refractivity contribution in [3.63, 3.8) is 0 Å². The van der Waals surface area contributed by atoms with Crippen LogP contribution in [0.5, 0.6) is 0 Å². The van der Waals surface area contributed by atoms with Gasteiger partial charge >= 0.3 is 5.97 Å². The van der Waals surface area contributed by atoms with E-state index in [4.69, 9.17) is 5.11 Å². The maximum Gasteiger partial charge on any atom is 0.303 e. The normalized spacial score (nSPS) is 33.7. The molecule has 4 heteroatoms. The molecule has 3 aliphatic rings. The van der Waals surface area contributed by atoms with Crippen LogP contribution in [-0.4, -0.2) is 33.5 Å². The van der Waals surface area contributed by atoms with Crippen LogP contribution in [0.2, 0.25) is 0 Å². The number of aliphatic hydroxyl groups excluding tert-OH is 2. The molecule has 0 spiro atoms. The van der Waals surface area contributed by atoms with Gasteiger partial charge in [0.1, 0.15) is 0 Å². The fourth-order valence-electron chi connectivity index (χ4n) is 4.99. The second-order valence-corrected chi connectivity index (χ2v) is 8.26. The average molecular weight is 360 g/mol. The van der Waals surface area contributed by atoms with Gasteiger partial charge in [0, 0.05) is 12.3 Å². The van der Waals surface area contributed by atoms with Crippen molar-refractivity contribution in [3.8, 4) is 0 Å². The Balaban J connectivity index is 1.54. The van der Waals surface area contributed by atoms with Gasteiger partial charge in [-0.25, -0.2) is 0 Å². The topological polar surface area (TPSA) is 77.8 Å². The number of aliphatic carboxylic acids is 1. The minimum absolute atomic E-state index is 0.111. The number of carboxylic acids is 1. The number of aliphatic hydroxyl groups is 2. The summed E-state index contributed by atoms with van der Waals surface area (Å²) in [6.45, 7) is 0. The monoisotopic (exact) mass is 360 g/mol. The van der Waals surface area contributed by atoms with Gasteiger partial charge in [-0.3, -0.25) is 4.79 Å². The van der Waals surface area contributed by atoms with Gasteiger partial charge in [0.25, 0.3) is 0 Å². The highest BCUT2D eigenvalue weighted by atomic mass is 16.4. The van der Waals surface area contributed by atoms with Crippen molar-refractivity contribution >= 4 is 5.97 Å². The van der Waals surface area contributed by atoms with Crippen LogP contribution in [0.15, 0.2) is 36.0 Å². The summed E-state index contributed by atoms with van der Waals surface area (Å²) in [6, 6.07) is 0. The Labute approximate surface area is 156 Å². The van der Waals surface area contributed by atoms with E-state index in [1.165, 1.54) is 24.8 Å². The highest BCUT2D eigenvalue weighted by molar-refractivity contribution is 5.66. The van der Waals surface area contributed by atoms with Crippen molar-refractivity contribution in [3.05, 3.63) is 36.0 Å². The molecule has 0 bridgehead atoms. The zero-order valence-electron chi connectivity index (χ0n) is 15.5. The highest BCUT2D eigenvalue weighted by Gasteiger charge is 2.43. The predicted octanol–water partition coefficient (Wildman–Crippen LogP) is 3.85. The summed E-state index contributed by atoms with van der Waals surface area (Å²) in [5.41, 5.74) is 1.25. The Kier molecular flexibility index (Phi) is 6.71. The third-order valence-electron chi connectivity index (χ3n) is 6.42. The van der Waals surface area contributed by atoms with Gasteiger partial charge in [-0.2, -0.15) is 0 Å². The van der Waals surface area contributed by atoms with Crippen molar-refractivity contribution in [1.29, 1.82) is 0 Å². The molecule has 144 valence electrons. The second kappa shape index (κ2) is 9.01. The first-order chi connectivity index (χ1) is 12.5. The molecule has 5 atom stereocenters. The summed E-state index contributed by atoms with van der Waals surface area (Å²) in [4.78, 5) is 10.6. The quantitative estimate of drug-likeness (QED) is 0.603. The molecule has 4 nitrogen and oxygen atoms in total. The minimum atomic E-state index is -0.767. The van der Waals surface area contributed by atoms with Gasteiger partial charge in [-0.05, 0) is 49.9 Å². The number of fused-ring (bicyclic) bond motifs is 1. The molecule has 0 saturated heterocycles. The number of allylic oxidation sites excluding steroid dienone is 4.